The summed E-state index contributed by atoms with van der Waals surface area (Å²) in [5, 5.41) is 3.40. The van der Waals surface area contributed by atoms with E-state index < -0.39 is 0 Å². The minimum absolute atomic E-state index is 0.0665. The quantitative estimate of drug-likeness (QED) is 0.659. The van der Waals surface area contributed by atoms with Gasteiger partial charge in [-0.3, -0.25) is 4.79 Å². The first-order chi connectivity index (χ1) is 7.99. The van der Waals surface area contributed by atoms with E-state index in [-0.39, 0.29) is 12.0 Å². The normalized spacial score (nSPS) is 10.9. The first kappa shape index (κ1) is 13.6. The topological polar surface area (TPSA) is 38.3 Å². The molecule has 3 nitrogen and oxygen atoms in total. The molecule has 0 saturated carbocycles. The molecule has 0 radical (unpaired) electrons. The first-order valence-corrected chi connectivity index (χ1v) is 5.76. The summed E-state index contributed by atoms with van der Waals surface area (Å²) in [4.78, 5) is 11.5. The molecule has 1 aromatic rings. The van der Waals surface area contributed by atoms with Crippen LogP contribution < -0.4 is 5.32 Å². The lowest BCUT2D eigenvalue weighted by molar-refractivity contribution is -0.112. The van der Waals surface area contributed by atoms with Crippen LogP contribution in [0.1, 0.15) is 19.4 Å². The molecular weight excluding hydrogens is 238 g/mol. The zero-order valence-corrected chi connectivity index (χ0v) is 10.9. The smallest absolute Gasteiger partial charge is 0.251 e. The van der Waals surface area contributed by atoms with Crippen molar-refractivity contribution in [2.75, 3.05) is 5.32 Å². The Kier molecular flexibility index (Phi) is 5.04. The molecule has 92 valence electrons. The van der Waals surface area contributed by atoms with Gasteiger partial charge in [0.2, 0.25) is 0 Å². The minimum atomic E-state index is -0.229. The van der Waals surface area contributed by atoms with Crippen LogP contribution in [0.4, 0.5) is 5.69 Å². The SMILES string of the molecule is Cc1cc(NC(=O)/C=C/OC(C)C)ccc1Cl. The van der Waals surface area contributed by atoms with Crippen molar-refractivity contribution in [2.45, 2.75) is 26.9 Å². The van der Waals surface area contributed by atoms with Crippen LogP contribution in [0.5, 0.6) is 0 Å². The Morgan fingerprint density at radius 3 is 2.76 bits per heavy atom. The van der Waals surface area contributed by atoms with Gasteiger partial charge < -0.3 is 10.1 Å². The van der Waals surface area contributed by atoms with Gasteiger partial charge in [0.25, 0.3) is 5.91 Å². The third-order valence-electron chi connectivity index (χ3n) is 2.00. The Morgan fingerprint density at radius 2 is 2.18 bits per heavy atom. The third kappa shape index (κ3) is 4.91. The van der Waals surface area contributed by atoms with Crippen molar-refractivity contribution in [3.8, 4) is 0 Å². The standard InChI is InChI=1S/C13H16ClNO2/c1-9(2)17-7-6-13(16)15-11-4-5-12(14)10(3)8-11/h4-9H,1-3H3,(H,15,16)/b7-6+. The van der Waals surface area contributed by atoms with Crippen molar-refractivity contribution in [3.63, 3.8) is 0 Å². The highest BCUT2D eigenvalue weighted by molar-refractivity contribution is 6.31. The number of carbonyl (C=O) groups excluding carboxylic acids is 1. The summed E-state index contributed by atoms with van der Waals surface area (Å²) >= 11 is 5.89. The van der Waals surface area contributed by atoms with Crippen LogP contribution in [-0.2, 0) is 9.53 Å². The monoisotopic (exact) mass is 253 g/mol. The molecule has 1 rings (SSSR count). The molecule has 1 N–H and O–H groups in total. The zero-order chi connectivity index (χ0) is 12.8. The predicted molar refractivity (Wildman–Crippen MR) is 70.2 cm³/mol. The van der Waals surface area contributed by atoms with Gasteiger partial charge in [-0.2, -0.15) is 0 Å². The van der Waals surface area contributed by atoms with Crippen LogP contribution in [0.2, 0.25) is 5.02 Å². The van der Waals surface area contributed by atoms with Crippen molar-refractivity contribution in [2.24, 2.45) is 0 Å². The van der Waals surface area contributed by atoms with E-state index in [2.05, 4.69) is 5.32 Å². The first-order valence-electron chi connectivity index (χ1n) is 5.38. The number of amides is 1. The lowest BCUT2D eigenvalue weighted by Crippen LogP contribution is -2.08. The Hall–Kier alpha value is -1.48. The van der Waals surface area contributed by atoms with E-state index in [1.165, 1.54) is 12.3 Å². The molecule has 17 heavy (non-hydrogen) atoms. The Labute approximate surface area is 106 Å². The largest absolute Gasteiger partial charge is 0.498 e. The summed E-state index contributed by atoms with van der Waals surface area (Å²) in [7, 11) is 0. The summed E-state index contributed by atoms with van der Waals surface area (Å²) in [6.45, 7) is 5.67. The maximum Gasteiger partial charge on any atom is 0.251 e. The van der Waals surface area contributed by atoms with E-state index in [9.17, 15) is 4.79 Å². The summed E-state index contributed by atoms with van der Waals surface area (Å²) < 4.78 is 5.13. The fraction of sp³-hybridized carbons (Fsp3) is 0.308. The number of benzene rings is 1. The third-order valence-corrected chi connectivity index (χ3v) is 2.42. The van der Waals surface area contributed by atoms with Crippen molar-refractivity contribution in [1.82, 2.24) is 0 Å². The molecule has 0 aliphatic heterocycles. The van der Waals surface area contributed by atoms with Crippen LogP contribution in [0.15, 0.2) is 30.5 Å². The molecule has 0 aliphatic carbocycles. The van der Waals surface area contributed by atoms with Gasteiger partial charge in [0.1, 0.15) is 0 Å². The number of carbonyl (C=O) groups is 1. The minimum Gasteiger partial charge on any atom is -0.498 e. The highest BCUT2D eigenvalue weighted by Gasteiger charge is 2.00. The number of hydrogen-bond acceptors (Lipinski definition) is 2. The maximum absolute atomic E-state index is 11.5. The molecular formula is C13H16ClNO2. The average Bonchev–Trinajstić information content (AvgIpc) is 2.23. The molecule has 0 unspecified atom stereocenters. The van der Waals surface area contributed by atoms with Crippen molar-refractivity contribution >= 4 is 23.2 Å². The molecule has 0 atom stereocenters. The second-order valence-electron chi connectivity index (χ2n) is 3.94. The Bertz CT molecular complexity index is 427. The van der Waals surface area contributed by atoms with Crippen LogP contribution >= 0.6 is 11.6 Å². The number of rotatable bonds is 4. The summed E-state index contributed by atoms with van der Waals surface area (Å²) in [6, 6.07) is 5.32. The van der Waals surface area contributed by atoms with Gasteiger partial charge in [0.15, 0.2) is 0 Å². The van der Waals surface area contributed by atoms with Crippen LogP contribution in [0.3, 0.4) is 0 Å². The Balaban J connectivity index is 2.56. The van der Waals surface area contributed by atoms with Crippen molar-refractivity contribution in [3.05, 3.63) is 41.1 Å². The van der Waals surface area contributed by atoms with Gasteiger partial charge >= 0.3 is 0 Å². The molecule has 0 fully saturated rings. The summed E-state index contributed by atoms with van der Waals surface area (Å²) in [5.74, 6) is -0.229. The average molecular weight is 254 g/mol. The number of hydrogen-bond donors (Lipinski definition) is 1. The summed E-state index contributed by atoms with van der Waals surface area (Å²) in [5.41, 5.74) is 1.64. The molecule has 1 aromatic carbocycles. The molecule has 0 aromatic heterocycles. The molecule has 0 spiro atoms. The van der Waals surface area contributed by atoms with E-state index in [4.69, 9.17) is 16.3 Å². The highest BCUT2D eigenvalue weighted by atomic mass is 35.5. The van der Waals surface area contributed by atoms with E-state index in [1.54, 1.807) is 12.1 Å². The van der Waals surface area contributed by atoms with Gasteiger partial charge in [-0.15, -0.1) is 0 Å². The van der Waals surface area contributed by atoms with Crippen LogP contribution in [-0.4, -0.2) is 12.0 Å². The lowest BCUT2D eigenvalue weighted by Gasteiger charge is -2.05. The van der Waals surface area contributed by atoms with Gasteiger partial charge in [-0.05, 0) is 44.5 Å². The molecule has 0 heterocycles. The fourth-order valence-corrected chi connectivity index (χ4v) is 1.28. The lowest BCUT2D eigenvalue weighted by atomic mass is 10.2. The Morgan fingerprint density at radius 1 is 1.47 bits per heavy atom. The van der Waals surface area contributed by atoms with Crippen LogP contribution in [0, 0.1) is 6.92 Å². The molecule has 4 heteroatoms. The second kappa shape index (κ2) is 6.30. The number of aryl methyl sites for hydroxylation is 1. The molecule has 1 amide bonds. The number of ether oxygens (including phenoxy) is 1. The molecule has 0 aliphatic rings. The van der Waals surface area contributed by atoms with Gasteiger partial charge in [-0.25, -0.2) is 0 Å². The maximum atomic E-state index is 11.5. The van der Waals surface area contributed by atoms with Gasteiger partial charge in [0, 0.05) is 16.8 Å². The van der Waals surface area contributed by atoms with Crippen LogP contribution in [0.25, 0.3) is 0 Å². The zero-order valence-electron chi connectivity index (χ0n) is 10.2. The molecule has 0 saturated heterocycles. The highest BCUT2D eigenvalue weighted by Crippen LogP contribution is 2.19. The van der Waals surface area contributed by atoms with E-state index in [0.29, 0.717) is 10.7 Å². The fourth-order valence-electron chi connectivity index (χ4n) is 1.16. The van der Waals surface area contributed by atoms with Gasteiger partial charge in [0.05, 0.1) is 12.4 Å². The van der Waals surface area contributed by atoms with Crippen molar-refractivity contribution in [1.29, 1.82) is 0 Å². The number of halogens is 1. The van der Waals surface area contributed by atoms with E-state index in [1.807, 2.05) is 26.8 Å². The van der Waals surface area contributed by atoms with Gasteiger partial charge in [-0.1, -0.05) is 11.6 Å². The predicted octanol–water partition coefficient (Wildman–Crippen LogP) is 3.53. The second-order valence-corrected chi connectivity index (χ2v) is 4.35. The summed E-state index contributed by atoms with van der Waals surface area (Å²) in [6.07, 6.45) is 2.81. The number of anilines is 1. The van der Waals surface area contributed by atoms with Crippen molar-refractivity contribution < 1.29 is 9.53 Å². The van der Waals surface area contributed by atoms with E-state index in [0.717, 1.165) is 5.56 Å². The van der Waals surface area contributed by atoms with E-state index >= 15 is 0 Å². The molecule has 0 bridgehead atoms. The number of nitrogens with one attached hydrogen (secondary N) is 1.